The molecule has 2 bridgehead atoms. The largest absolute Gasteiger partial charge is 0.355 e. The van der Waals surface area contributed by atoms with Gasteiger partial charge < -0.3 is 9.47 Å². The SMILES string of the molecule is COC(OC)C12c3ccccc3C(c3ccccc31)C1C(=O)N(C3CCCCC3)C(=O)C12. The summed E-state index contributed by atoms with van der Waals surface area (Å²) in [6, 6.07) is 16.5. The van der Waals surface area contributed by atoms with E-state index in [2.05, 4.69) is 24.3 Å². The van der Waals surface area contributed by atoms with Gasteiger partial charge in [0.25, 0.3) is 0 Å². The molecule has 1 saturated heterocycles. The Morgan fingerprint density at radius 2 is 1.41 bits per heavy atom. The Hall–Kier alpha value is -2.50. The third kappa shape index (κ3) is 2.31. The zero-order chi connectivity index (χ0) is 22.0. The first-order valence-electron chi connectivity index (χ1n) is 11.8. The number of hydrogen-bond acceptors (Lipinski definition) is 4. The molecule has 32 heavy (non-hydrogen) atoms. The van der Waals surface area contributed by atoms with Gasteiger partial charge in [0.2, 0.25) is 11.8 Å². The van der Waals surface area contributed by atoms with Gasteiger partial charge in [-0.25, -0.2) is 0 Å². The van der Waals surface area contributed by atoms with Crippen LogP contribution in [0.25, 0.3) is 0 Å². The second kappa shape index (κ2) is 7.26. The van der Waals surface area contributed by atoms with Crippen molar-refractivity contribution in [2.45, 2.75) is 55.8 Å². The van der Waals surface area contributed by atoms with Crippen molar-refractivity contribution in [2.24, 2.45) is 11.8 Å². The van der Waals surface area contributed by atoms with Crippen LogP contribution < -0.4 is 0 Å². The van der Waals surface area contributed by atoms with Gasteiger partial charge >= 0.3 is 0 Å². The summed E-state index contributed by atoms with van der Waals surface area (Å²) < 4.78 is 11.9. The molecule has 7 rings (SSSR count). The molecule has 5 nitrogen and oxygen atoms in total. The Balaban J connectivity index is 1.64. The highest BCUT2D eigenvalue weighted by molar-refractivity contribution is 6.08. The van der Waals surface area contributed by atoms with E-state index in [9.17, 15) is 9.59 Å². The quantitative estimate of drug-likeness (QED) is 0.543. The number of likely N-dealkylation sites (tertiary alicyclic amines) is 1. The molecular weight excluding hydrogens is 402 g/mol. The number of ether oxygens (including phenoxy) is 2. The van der Waals surface area contributed by atoms with Gasteiger partial charge in [-0.15, -0.1) is 0 Å². The maximum absolute atomic E-state index is 14.2. The Morgan fingerprint density at radius 1 is 0.844 bits per heavy atom. The lowest BCUT2D eigenvalue weighted by atomic mass is 9.47. The van der Waals surface area contributed by atoms with E-state index >= 15 is 0 Å². The van der Waals surface area contributed by atoms with E-state index in [0.29, 0.717) is 0 Å². The van der Waals surface area contributed by atoms with E-state index in [1.54, 1.807) is 19.1 Å². The summed E-state index contributed by atoms with van der Waals surface area (Å²) in [4.78, 5) is 29.9. The van der Waals surface area contributed by atoms with Crippen molar-refractivity contribution in [3.8, 4) is 0 Å². The molecule has 2 aromatic carbocycles. The van der Waals surface area contributed by atoms with E-state index in [4.69, 9.17) is 9.47 Å². The van der Waals surface area contributed by atoms with Crippen molar-refractivity contribution in [2.75, 3.05) is 14.2 Å². The van der Waals surface area contributed by atoms with Gasteiger partial charge in [0, 0.05) is 26.2 Å². The van der Waals surface area contributed by atoms with E-state index in [1.807, 2.05) is 24.3 Å². The standard InChI is InChI=1S/C27H29NO4/c1-31-26(32-2)27-19-14-8-6-12-17(19)21(18-13-7-9-15-20(18)27)22-23(27)25(30)28(24(22)29)16-10-4-3-5-11-16/h6-9,12-16,21-23,26H,3-5,10-11H2,1-2H3. The van der Waals surface area contributed by atoms with Crippen LogP contribution in [0.15, 0.2) is 48.5 Å². The second-order valence-corrected chi connectivity index (χ2v) is 9.67. The van der Waals surface area contributed by atoms with Crippen LogP contribution in [0.2, 0.25) is 0 Å². The van der Waals surface area contributed by atoms with Crippen LogP contribution in [-0.4, -0.2) is 43.3 Å². The van der Waals surface area contributed by atoms with Crippen molar-refractivity contribution in [1.82, 2.24) is 4.90 Å². The zero-order valence-electron chi connectivity index (χ0n) is 18.6. The molecular formula is C27H29NO4. The van der Waals surface area contributed by atoms with Gasteiger partial charge in [-0.05, 0) is 35.1 Å². The third-order valence-electron chi connectivity index (χ3n) is 8.46. The van der Waals surface area contributed by atoms with Crippen molar-refractivity contribution >= 4 is 11.8 Å². The van der Waals surface area contributed by atoms with Crippen LogP contribution in [0.5, 0.6) is 0 Å². The number of benzene rings is 2. The predicted molar refractivity (Wildman–Crippen MR) is 119 cm³/mol. The normalized spacial score (nSPS) is 31.1. The minimum Gasteiger partial charge on any atom is -0.355 e. The number of imide groups is 1. The van der Waals surface area contributed by atoms with Crippen LogP contribution in [0.1, 0.15) is 60.3 Å². The number of carbonyl (C=O) groups excluding carboxylic acids is 2. The third-order valence-corrected chi connectivity index (χ3v) is 8.46. The highest BCUT2D eigenvalue weighted by Crippen LogP contribution is 2.65. The summed E-state index contributed by atoms with van der Waals surface area (Å²) in [5, 5.41) is 0. The lowest BCUT2D eigenvalue weighted by Crippen LogP contribution is -2.60. The van der Waals surface area contributed by atoms with Crippen LogP contribution in [-0.2, 0) is 24.5 Å². The molecule has 4 aliphatic carbocycles. The Labute approximate surface area is 188 Å². The van der Waals surface area contributed by atoms with Crippen molar-refractivity contribution in [3.05, 3.63) is 70.8 Å². The number of nitrogens with zero attached hydrogens (tertiary/aromatic N) is 1. The molecule has 2 aromatic rings. The molecule has 2 atom stereocenters. The molecule has 0 aromatic heterocycles. The fourth-order valence-corrected chi connectivity index (χ4v) is 7.42. The molecule has 0 spiro atoms. The summed E-state index contributed by atoms with van der Waals surface area (Å²) in [5.41, 5.74) is 3.51. The van der Waals surface area contributed by atoms with Gasteiger partial charge in [-0.3, -0.25) is 14.5 Å². The first kappa shape index (κ1) is 20.1. The lowest BCUT2D eigenvalue weighted by Gasteiger charge is -2.56. The summed E-state index contributed by atoms with van der Waals surface area (Å²) in [6.07, 6.45) is 4.47. The average Bonchev–Trinajstić information content (AvgIpc) is 3.11. The first-order valence-corrected chi connectivity index (χ1v) is 11.8. The maximum Gasteiger partial charge on any atom is 0.234 e. The molecule has 5 heteroatoms. The molecule has 1 aliphatic heterocycles. The van der Waals surface area contributed by atoms with Crippen LogP contribution in [0, 0.1) is 11.8 Å². The minimum absolute atomic E-state index is 0.00348. The molecule has 1 saturated carbocycles. The molecule has 0 radical (unpaired) electrons. The van der Waals surface area contributed by atoms with Crippen LogP contribution >= 0.6 is 0 Å². The van der Waals surface area contributed by atoms with E-state index in [0.717, 1.165) is 47.9 Å². The average molecular weight is 432 g/mol. The molecule has 2 unspecified atom stereocenters. The van der Waals surface area contributed by atoms with E-state index in [1.165, 1.54) is 6.42 Å². The first-order chi connectivity index (χ1) is 15.7. The van der Waals surface area contributed by atoms with Crippen LogP contribution in [0.4, 0.5) is 0 Å². The van der Waals surface area contributed by atoms with Crippen LogP contribution in [0.3, 0.4) is 0 Å². The topological polar surface area (TPSA) is 55.8 Å². The minimum atomic E-state index is -0.855. The summed E-state index contributed by atoms with van der Waals surface area (Å²) >= 11 is 0. The maximum atomic E-state index is 14.2. The van der Waals surface area contributed by atoms with Gasteiger partial charge in [0.1, 0.15) is 0 Å². The summed E-state index contributed by atoms with van der Waals surface area (Å²) in [7, 11) is 3.26. The van der Waals surface area contributed by atoms with Crippen molar-refractivity contribution < 1.29 is 19.1 Å². The fourth-order valence-electron chi connectivity index (χ4n) is 7.42. The number of amides is 2. The number of rotatable bonds is 4. The fraction of sp³-hybridized carbons (Fsp3) is 0.481. The molecule has 1 heterocycles. The highest BCUT2D eigenvalue weighted by atomic mass is 16.7. The molecule has 166 valence electrons. The lowest BCUT2D eigenvalue weighted by molar-refractivity contribution is -0.169. The number of hydrogen-bond donors (Lipinski definition) is 0. The zero-order valence-corrected chi connectivity index (χ0v) is 18.6. The molecule has 2 amide bonds. The Bertz CT molecular complexity index is 1040. The Kier molecular flexibility index (Phi) is 4.57. The summed E-state index contributed by atoms with van der Waals surface area (Å²) in [6.45, 7) is 0. The number of carbonyl (C=O) groups is 2. The highest BCUT2D eigenvalue weighted by Gasteiger charge is 2.71. The molecule has 5 aliphatic rings. The number of methoxy groups -OCH3 is 2. The smallest absolute Gasteiger partial charge is 0.234 e. The van der Waals surface area contributed by atoms with Crippen molar-refractivity contribution in [3.63, 3.8) is 0 Å². The van der Waals surface area contributed by atoms with Gasteiger partial charge in [0.15, 0.2) is 6.29 Å². The van der Waals surface area contributed by atoms with E-state index in [-0.39, 0.29) is 23.8 Å². The van der Waals surface area contributed by atoms with Gasteiger partial charge in [-0.1, -0.05) is 67.8 Å². The van der Waals surface area contributed by atoms with E-state index < -0.39 is 23.5 Å². The van der Waals surface area contributed by atoms with Gasteiger partial charge in [0.05, 0.1) is 17.3 Å². The molecule has 0 N–H and O–H groups in total. The summed E-state index contributed by atoms with van der Waals surface area (Å²) in [5.74, 6) is -1.09. The van der Waals surface area contributed by atoms with Crippen molar-refractivity contribution in [1.29, 1.82) is 0 Å². The monoisotopic (exact) mass is 431 g/mol. The molecule has 2 fully saturated rings. The second-order valence-electron chi connectivity index (χ2n) is 9.67. The Morgan fingerprint density at radius 3 is 1.97 bits per heavy atom. The van der Waals surface area contributed by atoms with Gasteiger partial charge in [-0.2, -0.15) is 0 Å². The predicted octanol–water partition coefficient (Wildman–Crippen LogP) is 3.98.